The van der Waals surface area contributed by atoms with Crippen molar-refractivity contribution in [1.82, 2.24) is 14.8 Å². The third-order valence-corrected chi connectivity index (χ3v) is 6.69. The molecule has 3 aliphatic rings. The largest absolute Gasteiger partial charge is 0.435 e. The smallest absolute Gasteiger partial charge is 0.291 e. The molecule has 2 saturated heterocycles. The van der Waals surface area contributed by atoms with Gasteiger partial charge in [0.1, 0.15) is 5.82 Å². The normalized spacial score (nSPS) is 25.6. The molecular weight excluding hydrogens is 385 g/mol. The summed E-state index contributed by atoms with van der Waals surface area (Å²) >= 11 is 0. The van der Waals surface area contributed by atoms with Gasteiger partial charge in [-0.3, -0.25) is 9.59 Å². The summed E-state index contributed by atoms with van der Waals surface area (Å²) in [6, 6.07) is 6.34. The van der Waals surface area contributed by atoms with Crippen molar-refractivity contribution in [2.45, 2.75) is 39.2 Å². The van der Waals surface area contributed by atoms with E-state index in [-0.39, 0.29) is 41.4 Å². The maximum atomic E-state index is 14.0. The van der Waals surface area contributed by atoms with Crippen molar-refractivity contribution < 1.29 is 18.4 Å². The van der Waals surface area contributed by atoms with Crippen LogP contribution in [0.25, 0.3) is 0 Å². The Morgan fingerprint density at radius 3 is 2.70 bits per heavy atom. The van der Waals surface area contributed by atoms with E-state index in [1.54, 1.807) is 13.0 Å². The molecule has 0 N–H and O–H groups in total. The number of amides is 2. The van der Waals surface area contributed by atoms with E-state index < -0.39 is 0 Å². The van der Waals surface area contributed by atoms with Crippen LogP contribution in [0.15, 0.2) is 28.7 Å². The molecule has 2 aromatic rings. The molecule has 1 saturated carbocycles. The van der Waals surface area contributed by atoms with Crippen molar-refractivity contribution in [2.75, 3.05) is 19.6 Å². The number of aromatic nitrogens is 1. The molecule has 6 nitrogen and oxygen atoms in total. The van der Waals surface area contributed by atoms with Crippen LogP contribution in [0.2, 0.25) is 0 Å². The molecular formula is C23H26FN3O3. The van der Waals surface area contributed by atoms with E-state index in [1.165, 1.54) is 12.1 Å². The lowest BCUT2D eigenvalue weighted by atomic mass is 9.89. The van der Waals surface area contributed by atoms with Gasteiger partial charge in [-0.1, -0.05) is 19.1 Å². The van der Waals surface area contributed by atoms with Crippen LogP contribution in [0.4, 0.5) is 4.39 Å². The highest BCUT2D eigenvalue weighted by molar-refractivity contribution is 5.92. The summed E-state index contributed by atoms with van der Waals surface area (Å²) in [5.41, 5.74) is 1.43. The molecule has 158 valence electrons. The van der Waals surface area contributed by atoms with E-state index >= 15 is 0 Å². The second-order valence-electron chi connectivity index (χ2n) is 8.77. The SMILES string of the molecule is CCc1nc(C)c(C(=O)N2C[C@H]3CN(C(=O)C4CC4)[C@@H](c4cccc(F)c4)[C@H]3C2)o1. The topological polar surface area (TPSA) is 66.7 Å². The molecule has 0 bridgehead atoms. The van der Waals surface area contributed by atoms with Crippen LogP contribution >= 0.6 is 0 Å². The molecule has 3 atom stereocenters. The summed E-state index contributed by atoms with van der Waals surface area (Å²) in [7, 11) is 0. The molecule has 30 heavy (non-hydrogen) atoms. The highest BCUT2D eigenvalue weighted by Gasteiger charge is 2.52. The molecule has 3 fully saturated rings. The zero-order valence-electron chi connectivity index (χ0n) is 17.3. The lowest BCUT2D eigenvalue weighted by Gasteiger charge is -2.30. The number of hydrogen-bond acceptors (Lipinski definition) is 4. The fraction of sp³-hybridized carbons (Fsp3) is 0.522. The molecule has 0 radical (unpaired) electrons. The molecule has 1 aromatic carbocycles. The van der Waals surface area contributed by atoms with Crippen molar-refractivity contribution in [3.8, 4) is 0 Å². The fourth-order valence-electron chi connectivity index (χ4n) is 5.07. The lowest BCUT2D eigenvalue weighted by Crippen LogP contribution is -2.38. The van der Waals surface area contributed by atoms with E-state index in [0.717, 1.165) is 18.4 Å². The van der Waals surface area contributed by atoms with E-state index in [0.29, 0.717) is 43.4 Å². The van der Waals surface area contributed by atoms with Gasteiger partial charge in [-0.15, -0.1) is 0 Å². The van der Waals surface area contributed by atoms with Gasteiger partial charge in [0.2, 0.25) is 11.7 Å². The first-order valence-corrected chi connectivity index (χ1v) is 10.8. The molecule has 0 spiro atoms. The van der Waals surface area contributed by atoms with E-state index in [9.17, 15) is 14.0 Å². The van der Waals surface area contributed by atoms with Crippen molar-refractivity contribution in [3.63, 3.8) is 0 Å². The fourth-order valence-corrected chi connectivity index (χ4v) is 5.07. The number of rotatable bonds is 4. The molecule has 7 heteroatoms. The van der Waals surface area contributed by atoms with E-state index in [2.05, 4.69) is 4.98 Å². The van der Waals surface area contributed by atoms with Gasteiger partial charge in [-0.2, -0.15) is 0 Å². The monoisotopic (exact) mass is 411 g/mol. The first kappa shape index (κ1) is 19.3. The summed E-state index contributed by atoms with van der Waals surface area (Å²) in [6.07, 6.45) is 2.52. The minimum absolute atomic E-state index is 0.0901. The van der Waals surface area contributed by atoms with Gasteiger partial charge in [0.25, 0.3) is 5.91 Å². The number of likely N-dealkylation sites (tertiary alicyclic amines) is 2. The zero-order valence-corrected chi connectivity index (χ0v) is 17.3. The van der Waals surface area contributed by atoms with Gasteiger partial charge in [-0.05, 0) is 37.5 Å². The number of hydrogen-bond donors (Lipinski definition) is 0. The van der Waals surface area contributed by atoms with Gasteiger partial charge in [-0.25, -0.2) is 9.37 Å². The number of halogens is 1. The molecule has 2 amide bonds. The van der Waals surface area contributed by atoms with Gasteiger partial charge in [0, 0.05) is 43.8 Å². The minimum atomic E-state index is -0.301. The summed E-state index contributed by atoms with van der Waals surface area (Å²) in [5, 5.41) is 0. The van der Waals surface area contributed by atoms with Gasteiger partial charge >= 0.3 is 0 Å². The van der Waals surface area contributed by atoms with Crippen LogP contribution in [0.5, 0.6) is 0 Å². The predicted octanol–water partition coefficient (Wildman–Crippen LogP) is 3.37. The molecule has 2 aliphatic heterocycles. The third-order valence-electron chi connectivity index (χ3n) is 6.69. The van der Waals surface area contributed by atoms with Crippen molar-refractivity contribution in [1.29, 1.82) is 0 Å². The predicted molar refractivity (Wildman–Crippen MR) is 107 cm³/mol. The number of nitrogens with zero attached hydrogens (tertiary/aromatic N) is 3. The van der Waals surface area contributed by atoms with Crippen LogP contribution in [-0.2, 0) is 11.2 Å². The van der Waals surface area contributed by atoms with Crippen LogP contribution in [0, 0.1) is 30.5 Å². The summed E-state index contributed by atoms with van der Waals surface area (Å²) < 4.78 is 19.7. The van der Waals surface area contributed by atoms with Crippen molar-refractivity contribution in [3.05, 3.63) is 53.0 Å². The number of carbonyl (C=O) groups excluding carboxylic acids is 2. The summed E-state index contributed by atoms with van der Waals surface area (Å²) in [4.78, 5) is 34.1. The number of aryl methyl sites for hydroxylation is 2. The molecule has 1 aliphatic carbocycles. The Labute approximate surface area is 175 Å². The molecule has 1 aromatic heterocycles. The summed E-state index contributed by atoms with van der Waals surface area (Å²) in [5.74, 6) is 0.981. The zero-order chi connectivity index (χ0) is 21.0. The van der Waals surface area contributed by atoms with Crippen molar-refractivity contribution >= 4 is 11.8 Å². The van der Waals surface area contributed by atoms with Gasteiger partial charge in [0.15, 0.2) is 5.89 Å². The highest BCUT2D eigenvalue weighted by atomic mass is 19.1. The van der Waals surface area contributed by atoms with Crippen LogP contribution < -0.4 is 0 Å². The number of fused-ring (bicyclic) bond motifs is 1. The van der Waals surface area contributed by atoms with Crippen LogP contribution in [-0.4, -0.2) is 46.2 Å². The summed E-state index contributed by atoms with van der Waals surface area (Å²) in [6.45, 7) is 5.44. The number of oxazole rings is 1. The molecule has 5 rings (SSSR count). The maximum absolute atomic E-state index is 14.0. The van der Waals surface area contributed by atoms with Crippen LogP contribution in [0.1, 0.15) is 53.5 Å². The Kier molecular flexibility index (Phi) is 4.64. The average molecular weight is 411 g/mol. The third kappa shape index (κ3) is 3.20. The van der Waals surface area contributed by atoms with Gasteiger partial charge in [0.05, 0.1) is 11.7 Å². The Morgan fingerprint density at radius 2 is 2.03 bits per heavy atom. The number of carbonyl (C=O) groups is 2. The second kappa shape index (κ2) is 7.22. The van der Waals surface area contributed by atoms with E-state index in [1.807, 2.05) is 22.8 Å². The lowest BCUT2D eigenvalue weighted by molar-refractivity contribution is -0.134. The average Bonchev–Trinajstić information content (AvgIpc) is 3.25. The molecule has 3 heterocycles. The Bertz CT molecular complexity index is 999. The number of benzene rings is 1. The Morgan fingerprint density at radius 1 is 1.23 bits per heavy atom. The molecule has 0 unspecified atom stereocenters. The Hall–Kier alpha value is -2.70. The quantitative estimate of drug-likeness (QED) is 0.774. The first-order valence-electron chi connectivity index (χ1n) is 10.8. The second-order valence-corrected chi connectivity index (χ2v) is 8.77. The van der Waals surface area contributed by atoms with E-state index in [4.69, 9.17) is 4.42 Å². The maximum Gasteiger partial charge on any atom is 0.291 e. The first-order chi connectivity index (χ1) is 14.5. The van der Waals surface area contributed by atoms with Gasteiger partial charge < -0.3 is 14.2 Å². The highest BCUT2D eigenvalue weighted by Crippen LogP contribution is 2.47. The minimum Gasteiger partial charge on any atom is -0.435 e. The van der Waals surface area contributed by atoms with Crippen molar-refractivity contribution in [2.24, 2.45) is 17.8 Å². The Balaban J connectivity index is 1.42. The standard InChI is InChI=1S/C23H26FN3O3/c1-3-19-25-13(2)21(30-19)23(29)26-10-16-11-27(22(28)14-7-8-14)20(18(16)12-26)15-5-4-6-17(24)9-15/h4-6,9,14,16,18,20H,3,7-8,10-12H2,1-2H3/t16-,18-,20-/m0/s1. The van der Waals surface area contributed by atoms with Crippen LogP contribution in [0.3, 0.4) is 0 Å².